The van der Waals surface area contributed by atoms with E-state index in [1.54, 1.807) is 0 Å². The Balaban J connectivity index is 2.35. The first-order valence-corrected chi connectivity index (χ1v) is 6.94. The topological polar surface area (TPSA) is 82.3 Å². The van der Waals surface area contributed by atoms with E-state index in [0.29, 0.717) is 5.75 Å². The lowest BCUT2D eigenvalue weighted by molar-refractivity contribution is 0.299. The zero-order valence-corrected chi connectivity index (χ0v) is 10.7. The lowest BCUT2D eigenvalue weighted by Gasteiger charge is -2.07. The van der Waals surface area contributed by atoms with E-state index in [4.69, 9.17) is 9.88 Å². The molecule has 5 nitrogen and oxygen atoms in total. The number of hydrogen-bond donors (Lipinski definition) is 1. The first-order chi connectivity index (χ1) is 6.97. The highest BCUT2D eigenvalue weighted by atomic mass is 127. The van der Waals surface area contributed by atoms with Gasteiger partial charge in [-0.05, 0) is 35.4 Å². The summed E-state index contributed by atoms with van der Waals surface area (Å²) >= 11 is 2.04. The van der Waals surface area contributed by atoms with Crippen molar-refractivity contribution in [3.8, 4) is 5.75 Å². The minimum atomic E-state index is -3.75. The monoisotopic (exact) mass is 340 g/mol. The van der Waals surface area contributed by atoms with Gasteiger partial charge in [-0.15, -0.1) is 0 Å². The van der Waals surface area contributed by atoms with E-state index < -0.39 is 10.0 Å². The maximum absolute atomic E-state index is 11.1. The van der Waals surface area contributed by atoms with Gasteiger partial charge in [0, 0.05) is 12.3 Å². The number of aromatic nitrogens is 1. The molecule has 0 unspecified atom stereocenters. The standard InChI is InChI=1S/C8H9IN2O3S/c9-6-4-11-8(15(10,12)13)3-7(6)14-5-1-2-5/h3-5H,1-2H2,(H2,10,12,13). The predicted octanol–water partition coefficient (Wildman–Crippen LogP) is 0.875. The summed E-state index contributed by atoms with van der Waals surface area (Å²) in [5.74, 6) is 0.539. The Kier molecular flexibility index (Phi) is 2.86. The molecule has 15 heavy (non-hydrogen) atoms. The number of sulfonamides is 1. The average Bonchev–Trinajstić information content (AvgIpc) is 2.90. The maximum Gasteiger partial charge on any atom is 0.255 e. The molecule has 1 aliphatic rings. The largest absolute Gasteiger partial charge is 0.489 e. The van der Waals surface area contributed by atoms with Crippen molar-refractivity contribution < 1.29 is 13.2 Å². The van der Waals surface area contributed by atoms with Gasteiger partial charge in [-0.1, -0.05) is 0 Å². The van der Waals surface area contributed by atoms with Crippen LogP contribution in [0.3, 0.4) is 0 Å². The fourth-order valence-corrected chi connectivity index (χ4v) is 1.91. The molecule has 1 aliphatic carbocycles. The molecule has 0 saturated heterocycles. The summed E-state index contributed by atoms with van der Waals surface area (Å²) in [7, 11) is -3.75. The molecule has 2 N–H and O–H groups in total. The Morgan fingerprint density at radius 3 is 2.73 bits per heavy atom. The Hall–Kier alpha value is -0.410. The Labute approximate surface area is 101 Å². The molecule has 0 bridgehead atoms. The molecular formula is C8H9IN2O3S. The molecule has 0 aromatic carbocycles. The fourth-order valence-electron chi connectivity index (χ4n) is 1.01. The third kappa shape index (κ3) is 2.79. The molecule has 1 aromatic heterocycles. The van der Waals surface area contributed by atoms with E-state index in [2.05, 4.69) is 4.98 Å². The highest BCUT2D eigenvalue weighted by Gasteiger charge is 2.25. The molecule has 1 saturated carbocycles. The highest BCUT2D eigenvalue weighted by molar-refractivity contribution is 14.1. The van der Waals surface area contributed by atoms with Crippen LogP contribution in [0.25, 0.3) is 0 Å². The molecule has 1 fully saturated rings. The van der Waals surface area contributed by atoms with E-state index in [-0.39, 0.29) is 11.1 Å². The van der Waals surface area contributed by atoms with Crippen molar-refractivity contribution in [2.24, 2.45) is 5.14 Å². The van der Waals surface area contributed by atoms with Gasteiger partial charge in [0.15, 0.2) is 5.03 Å². The predicted molar refractivity (Wildman–Crippen MR) is 62.0 cm³/mol. The molecule has 1 aromatic rings. The molecular weight excluding hydrogens is 331 g/mol. The number of primary sulfonamides is 1. The van der Waals surface area contributed by atoms with Crippen LogP contribution in [0.15, 0.2) is 17.3 Å². The van der Waals surface area contributed by atoms with Gasteiger partial charge in [-0.25, -0.2) is 18.5 Å². The molecule has 0 amide bonds. The minimum Gasteiger partial charge on any atom is -0.489 e. The Morgan fingerprint density at radius 2 is 2.20 bits per heavy atom. The fraction of sp³-hybridized carbons (Fsp3) is 0.375. The van der Waals surface area contributed by atoms with Crippen LogP contribution in [0.2, 0.25) is 0 Å². The quantitative estimate of drug-likeness (QED) is 0.828. The first kappa shape index (κ1) is 11.1. The summed E-state index contributed by atoms with van der Waals surface area (Å²) in [6.45, 7) is 0. The second-order valence-electron chi connectivity index (χ2n) is 3.32. The van der Waals surface area contributed by atoms with Crippen molar-refractivity contribution in [1.82, 2.24) is 4.98 Å². The van der Waals surface area contributed by atoms with Gasteiger partial charge in [-0.2, -0.15) is 0 Å². The van der Waals surface area contributed by atoms with Gasteiger partial charge in [0.2, 0.25) is 0 Å². The van der Waals surface area contributed by atoms with Crippen LogP contribution >= 0.6 is 22.6 Å². The van der Waals surface area contributed by atoms with E-state index in [0.717, 1.165) is 16.4 Å². The Morgan fingerprint density at radius 1 is 1.53 bits per heavy atom. The van der Waals surface area contributed by atoms with Crippen LogP contribution < -0.4 is 9.88 Å². The number of halogens is 1. The lowest BCUT2D eigenvalue weighted by Crippen LogP contribution is -2.14. The number of nitrogens with two attached hydrogens (primary N) is 1. The van der Waals surface area contributed by atoms with Crippen molar-refractivity contribution in [3.05, 3.63) is 15.8 Å². The molecule has 0 atom stereocenters. The maximum atomic E-state index is 11.1. The normalized spacial score (nSPS) is 16.4. The molecule has 1 heterocycles. The van der Waals surface area contributed by atoms with Crippen LogP contribution in [-0.4, -0.2) is 19.5 Å². The summed E-state index contributed by atoms with van der Waals surface area (Å²) in [4.78, 5) is 3.74. The Bertz CT molecular complexity index is 485. The van der Waals surface area contributed by atoms with E-state index >= 15 is 0 Å². The number of hydrogen-bond acceptors (Lipinski definition) is 4. The van der Waals surface area contributed by atoms with Crippen LogP contribution in [0.4, 0.5) is 0 Å². The number of nitrogens with zero attached hydrogens (tertiary/aromatic N) is 1. The highest BCUT2D eigenvalue weighted by Crippen LogP contribution is 2.30. The number of ether oxygens (including phenoxy) is 1. The average molecular weight is 340 g/mol. The summed E-state index contributed by atoms with van der Waals surface area (Å²) in [5.41, 5.74) is 0. The van der Waals surface area contributed by atoms with E-state index in [1.807, 2.05) is 22.6 Å². The molecule has 0 spiro atoms. The van der Waals surface area contributed by atoms with Crippen molar-refractivity contribution >= 4 is 32.6 Å². The van der Waals surface area contributed by atoms with Crippen molar-refractivity contribution in [3.63, 3.8) is 0 Å². The molecule has 0 aliphatic heterocycles. The second-order valence-corrected chi connectivity index (χ2v) is 5.99. The van der Waals surface area contributed by atoms with Crippen LogP contribution in [0, 0.1) is 3.57 Å². The number of pyridine rings is 1. The first-order valence-electron chi connectivity index (χ1n) is 4.32. The molecule has 82 valence electrons. The third-order valence-electron chi connectivity index (χ3n) is 1.90. The summed E-state index contributed by atoms with van der Waals surface area (Å²) in [6.07, 6.45) is 3.69. The van der Waals surface area contributed by atoms with Gasteiger partial charge in [0.05, 0.1) is 9.67 Å². The minimum absolute atomic E-state index is 0.154. The van der Waals surface area contributed by atoms with Gasteiger partial charge >= 0.3 is 0 Å². The lowest BCUT2D eigenvalue weighted by atomic mass is 10.4. The zero-order chi connectivity index (χ0) is 11.1. The SMILES string of the molecule is NS(=O)(=O)c1cc(OC2CC2)c(I)cn1. The van der Waals surface area contributed by atoms with Gasteiger partial charge in [0.25, 0.3) is 10.0 Å². The second kappa shape index (κ2) is 3.87. The zero-order valence-electron chi connectivity index (χ0n) is 7.68. The van der Waals surface area contributed by atoms with E-state index in [9.17, 15) is 8.42 Å². The van der Waals surface area contributed by atoms with Crippen molar-refractivity contribution in [1.29, 1.82) is 0 Å². The summed E-state index contributed by atoms with van der Waals surface area (Å²) < 4.78 is 28.4. The van der Waals surface area contributed by atoms with Gasteiger partial charge in [0.1, 0.15) is 5.75 Å². The van der Waals surface area contributed by atoms with Gasteiger partial charge in [-0.3, -0.25) is 0 Å². The molecule has 7 heteroatoms. The van der Waals surface area contributed by atoms with Crippen LogP contribution in [0.5, 0.6) is 5.75 Å². The van der Waals surface area contributed by atoms with Gasteiger partial charge < -0.3 is 4.74 Å². The smallest absolute Gasteiger partial charge is 0.255 e. The van der Waals surface area contributed by atoms with Crippen LogP contribution in [0.1, 0.15) is 12.8 Å². The number of rotatable bonds is 3. The molecule has 0 radical (unpaired) electrons. The molecule has 2 rings (SSSR count). The van der Waals surface area contributed by atoms with E-state index in [1.165, 1.54) is 12.3 Å². The van der Waals surface area contributed by atoms with Crippen molar-refractivity contribution in [2.45, 2.75) is 24.0 Å². The third-order valence-corrected chi connectivity index (χ3v) is 3.52. The summed E-state index contributed by atoms with van der Waals surface area (Å²) in [6, 6.07) is 1.37. The van der Waals surface area contributed by atoms with Crippen molar-refractivity contribution in [2.75, 3.05) is 0 Å². The van der Waals surface area contributed by atoms with Crippen LogP contribution in [-0.2, 0) is 10.0 Å². The summed E-state index contributed by atoms with van der Waals surface area (Å²) in [5, 5.41) is 4.82.